The molecule has 1 amide bonds. The summed E-state index contributed by atoms with van der Waals surface area (Å²) in [4.78, 5) is 39.5. The van der Waals surface area contributed by atoms with Crippen LogP contribution in [0.4, 0.5) is 0 Å². The maximum atomic E-state index is 12.9. The Morgan fingerprint density at radius 2 is 2.07 bits per heavy atom. The summed E-state index contributed by atoms with van der Waals surface area (Å²) in [5.41, 5.74) is -0.291. The van der Waals surface area contributed by atoms with Crippen LogP contribution in [0.3, 0.4) is 0 Å². The Hall–Kier alpha value is -2.71. The van der Waals surface area contributed by atoms with Crippen LogP contribution in [0, 0.1) is 6.92 Å². The van der Waals surface area contributed by atoms with Gasteiger partial charge in [-0.2, -0.15) is 0 Å². The maximum Gasteiger partial charge on any atom is 0.269 e. The summed E-state index contributed by atoms with van der Waals surface area (Å²) in [7, 11) is 0. The molecule has 0 radical (unpaired) electrons. The van der Waals surface area contributed by atoms with Crippen LogP contribution < -0.4 is 20.1 Å². The molecular weight excluding hydrogens is 396 g/mol. The van der Waals surface area contributed by atoms with E-state index in [0.717, 1.165) is 16.2 Å². The first-order valence-corrected chi connectivity index (χ1v) is 10.5. The van der Waals surface area contributed by atoms with Crippen molar-refractivity contribution in [3.63, 3.8) is 0 Å². The van der Waals surface area contributed by atoms with Gasteiger partial charge in [0.25, 0.3) is 5.56 Å². The normalized spacial score (nSPS) is 12.5. The highest BCUT2D eigenvalue weighted by Gasteiger charge is 2.12. The van der Waals surface area contributed by atoms with Gasteiger partial charge in [0, 0.05) is 22.4 Å². The Labute approximate surface area is 169 Å². The molecule has 146 valence electrons. The van der Waals surface area contributed by atoms with E-state index in [1.807, 2.05) is 26.0 Å². The number of furan rings is 1. The number of carbonyl (C=O) groups is 2. The van der Waals surface area contributed by atoms with E-state index in [2.05, 4.69) is 5.32 Å². The number of amides is 1. The highest BCUT2D eigenvalue weighted by Crippen LogP contribution is 2.15. The molecule has 3 aromatic heterocycles. The van der Waals surface area contributed by atoms with Crippen LogP contribution in [0.25, 0.3) is 12.2 Å². The Morgan fingerprint density at radius 1 is 1.25 bits per heavy atom. The topological polar surface area (TPSA) is 81.3 Å². The van der Waals surface area contributed by atoms with Crippen LogP contribution in [0.2, 0.25) is 0 Å². The van der Waals surface area contributed by atoms with Gasteiger partial charge in [0.2, 0.25) is 11.7 Å². The molecule has 0 bridgehead atoms. The highest BCUT2D eigenvalue weighted by molar-refractivity contribution is 7.13. The molecule has 3 aromatic rings. The first-order valence-electron chi connectivity index (χ1n) is 8.82. The van der Waals surface area contributed by atoms with Gasteiger partial charge < -0.3 is 9.73 Å². The minimum Gasteiger partial charge on any atom is -0.461 e. The first kappa shape index (κ1) is 20.0. The second-order valence-electron chi connectivity index (χ2n) is 6.12. The number of Topliss-reactive ketones (excluding diaryl/α,β-unsaturated/α-hetero) is 1. The van der Waals surface area contributed by atoms with E-state index in [0.29, 0.717) is 15.7 Å². The van der Waals surface area contributed by atoms with Crippen LogP contribution in [-0.2, 0) is 11.3 Å². The van der Waals surface area contributed by atoms with Crippen molar-refractivity contribution >= 4 is 46.5 Å². The molecule has 0 aliphatic carbocycles. The number of aryl methyl sites for hydroxylation is 1. The summed E-state index contributed by atoms with van der Waals surface area (Å²) >= 11 is 2.76. The van der Waals surface area contributed by atoms with Crippen molar-refractivity contribution in [2.45, 2.75) is 26.8 Å². The number of hydrogen-bond acceptors (Lipinski definition) is 6. The lowest BCUT2D eigenvalue weighted by Crippen LogP contribution is -2.38. The van der Waals surface area contributed by atoms with Gasteiger partial charge in [-0.05, 0) is 43.7 Å². The quantitative estimate of drug-likeness (QED) is 0.597. The molecule has 0 fully saturated rings. The maximum absolute atomic E-state index is 12.9. The van der Waals surface area contributed by atoms with Crippen LogP contribution in [0.5, 0.6) is 0 Å². The number of rotatable bonds is 7. The highest BCUT2D eigenvalue weighted by atomic mass is 32.1. The lowest BCUT2D eigenvalue weighted by atomic mass is 10.3. The standard InChI is InChI=1S/C20H20N2O4S2/c1-3-8-21-18(24)12-22-19(11-15(23)16-5-4-9-26-16)28-17(20(22)25)10-14-7-6-13(2)27-14/h4-7,9-11H,3,8,12H2,1-2H3,(H,21,24)/b17-10+,19-11-. The predicted octanol–water partition coefficient (Wildman–Crippen LogP) is 1.89. The third kappa shape index (κ3) is 4.76. The Bertz CT molecular complexity index is 1150. The Morgan fingerprint density at radius 3 is 2.71 bits per heavy atom. The smallest absolute Gasteiger partial charge is 0.269 e. The monoisotopic (exact) mass is 416 g/mol. The summed E-state index contributed by atoms with van der Waals surface area (Å²) in [6, 6.07) is 7.10. The van der Waals surface area contributed by atoms with Crippen molar-refractivity contribution in [2.75, 3.05) is 6.54 Å². The lowest BCUT2D eigenvalue weighted by Gasteiger charge is -2.03. The summed E-state index contributed by atoms with van der Waals surface area (Å²) in [5.74, 6) is -0.435. The third-order valence-corrected chi connectivity index (χ3v) is 5.87. The number of aromatic nitrogens is 1. The molecule has 0 unspecified atom stereocenters. The number of hydrogen-bond donors (Lipinski definition) is 1. The van der Waals surface area contributed by atoms with Crippen molar-refractivity contribution in [2.24, 2.45) is 0 Å². The van der Waals surface area contributed by atoms with E-state index >= 15 is 0 Å². The molecule has 0 saturated heterocycles. The van der Waals surface area contributed by atoms with Gasteiger partial charge in [0.15, 0.2) is 5.76 Å². The summed E-state index contributed by atoms with van der Waals surface area (Å²) < 4.78 is 7.35. The zero-order chi connectivity index (χ0) is 20.1. The number of nitrogens with zero attached hydrogens (tertiary/aromatic N) is 1. The molecule has 0 aliphatic heterocycles. The molecule has 3 heterocycles. The van der Waals surface area contributed by atoms with Gasteiger partial charge in [0.05, 0.1) is 10.8 Å². The second kappa shape index (κ2) is 8.99. The predicted molar refractivity (Wildman–Crippen MR) is 111 cm³/mol. The van der Waals surface area contributed by atoms with Crippen molar-refractivity contribution in [1.29, 1.82) is 0 Å². The number of ketones is 1. The molecule has 8 heteroatoms. The van der Waals surface area contributed by atoms with Crippen molar-refractivity contribution < 1.29 is 14.0 Å². The SMILES string of the molecule is CCCNC(=O)Cn1c(=O)/c(=C\c2ccc(C)s2)s/c1=C\C(=O)c1ccco1. The fraction of sp³-hybridized carbons (Fsp3) is 0.250. The fourth-order valence-corrected chi connectivity index (χ4v) is 4.45. The minimum absolute atomic E-state index is 0.135. The zero-order valence-electron chi connectivity index (χ0n) is 15.6. The van der Waals surface area contributed by atoms with Crippen LogP contribution in [0.1, 0.15) is 33.7 Å². The second-order valence-corrected chi connectivity index (χ2v) is 8.51. The van der Waals surface area contributed by atoms with Gasteiger partial charge in [-0.1, -0.05) is 6.92 Å². The zero-order valence-corrected chi connectivity index (χ0v) is 17.2. The van der Waals surface area contributed by atoms with Crippen LogP contribution >= 0.6 is 22.7 Å². The van der Waals surface area contributed by atoms with Gasteiger partial charge >= 0.3 is 0 Å². The van der Waals surface area contributed by atoms with Gasteiger partial charge in [0.1, 0.15) is 11.2 Å². The molecular formula is C20H20N2O4S2. The summed E-state index contributed by atoms with van der Waals surface area (Å²) in [6.45, 7) is 4.35. The molecule has 0 spiro atoms. The van der Waals surface area contributed by atoms with Crippen LogP contribution in [-0.4, -0.2) is 22.8 Å². The van der Waals surface area contributed by atoms with Gasteiger partial charge in [-0.25, -0.2) is 0 Å². The van der Waals surface area contributed by atoms with E-state index in [1.54, 1.807) is 29.5 Å². The molecule has 0 atom stereocenters. The molecule has 1 N–H and O–H groups in total. The first-order chi connectivity index (χ1) is 13.5. The Balaban J connectivity index is 2.07. The van der Waals surface area contributed by atoms with Crippen molar-refractivity contribution in [3.05, 3.63) is 65.6 Å². The van der Waals surface area contributed by atoms with Crippen molar-refractivity contribution in [1.82, 2.24) is 9.88 Å². The fourth-order valence-electron chi connectivity index (χ4n) is 2.52. The van der Waals surface area contributed by atoms with E-state index in [-0.39, 0.29) is 29.6 Å². The molecule has 6 nitrogen and oxygen atoms in total. The average molecular weight is 417 g/mol. The molecule has 0 aliphatic rings. The van der Waals surface area contributed by atoms with E-state index in [4.69, 9.17) is 4.42 Å². The molecule has 0 aromatic carbocycles. The van der Waals surface area contributed by atoms with Gasteiger partial charge in [-0.3, -0.25) is 19.0 Å². The number of thiazole rings is 1. The summed E-state index contributed by atoms with van der Waals surface area (Å²) in [6.07, 6.45) is 5.35. The molecule has 0 saturated carbocycles. The Kier molecular flexibility index (Phi) is 6.43. The lowest BCUT2D eigenvalue weighted by molar-refractivity contribution is -0.121. The van der Waals surface area contributed by atoms with Crippen molar-refractivity contribution in [3.8, 4) is 0 Å². The minimum atomic E-state index is -0.354. The molecule has 28 heavy (non-hydrogen) atoms. The van der Waals surface area contributed by atoms with E-state index in [1.165, 1.54) is 28.2 Å². The average Bonchev–Trinajstić information content (AvgIpc) is 3.39. The largest absolute Gasteiger partial charge is 0.461 e. The molecule has 3 rings (SSSR count). The number of thiophene rings is 1. The van der Waals surface area contributed by atoms with Crippen LogP contribution in [0.15, 0.2) is 39.7 Å². The number of carbonyl (C=O) groups excluding carboxylic acids is 2. The van der Waals surface area contributed by atoms with E-state index in [9.17, 15) is 14.4 Å². The third-order valence-electron chi connectivity index (χ3n) is 3.86. The van der Waals surface area contributed by atoms with Gasteiger partial charge in [-0.15, -0.1) is 22.7 Å². The number of nitrogens with one attached hydrogen (secondary N) is 1. The summed E-state index contributed by atoms with van der Waals surface area (Å²) in [5, 5.41) is 2.76. The van der Waals surface area contributed by atoms with E-state index < -0.39 is 0 Å².